The Labute approximate surface area is 133 Å². The fraction of sp³-hybridized carbons (Fsp3) is 0.750. The van der Waals surface area contributed by atoms with Crippen molar-refractivity contribution in [1.29, 1.82) is 0 Å². The van der Waals surface area contributed by atoms with Gasteiger partial charge in [0, 0.05) is 18.2 Å². The molecule has 1 aromatic heterocycles. The van der Waals surface area contributed by atoms with E-state index in [9.17, 15) is 0 Å². The number of nitrogens with one attached hydrogen (secondary N) is 2. The van der Waals surface area contributed by atoms with Gasteiger partial charge in [-0.25, -0.2) is 9.97 Å². The third kappa shape index (κ3) is 6.55. The first-order chi connectivity index (χ1) is 10.2. The maximum atomic E-state index is 4.47. The van der Waals surface area contributed by atoms with Crippen LogP contribution in [0.5, 0.6) is 0 Å². The Morgan fingerprint density at radius 1 is 1.14 bits per heavy atom. The molecule has 1 atom stereocenters. The van der Waals surface area contributed by atoms with Crippen molar-refractivity contribution < 1.29 is 0 Å². The summed E-state index contributed by atoms with van der Waals surface area (Å²) in [7, 11) is 0. The van der Waals surface area contributed by atoms with Gasteiger partial charge in [-0.15, -0.1) is 0 Å². The molecule has 21 heavy (non-hydrogen) atoms. The highest BCUT2D eigenvalue weighted by Gasteiger charge is 2.12. The van der Waals surface area contributed by atoms with Crippen LogP contribution in [0.1, 0.15) is 52.5 Å². The first-order valence-electron chi connectivity index (χ1n) is 8.14. The van der Waals surface area contributed by atoms with Crippen molar-refractivity contribution in [1.82, 2.24) is 9.97 Å². The van der Waals surface area contributed by atoms with Crippen LogP contribution in [0, 0.1) is 0 Å². The molecule has 1 aromatic rings. The number of nitrogens with zero attached hydrogens (tertiary/aromatic N) is 2. The number of thioether (sulfide) groups is 1. The summed E-state index contributed by atoms with van der Waals surface area (Å²) in [5.74, 6) is 4.37. The number of hydrogen-bond acceptors (Lipinski definition) is 5. The molecule has 0 radical (unpaired) electrons. The van der Waals surface area contributed by atoms with Gasteiger partial charge in [-0.05, 0) is 37.7 Å². The normalized spacial score (nSPS) is 12.2. The van der Waals surface area contributed by atoms with E-state index < -0.39 is 0 Å². The molecule has 120 valence electrons. The molecule has 0 amide bonds. The molecule has 2 N–H and O–H groups in total. The van der Waals surface area contributed by atoms with Crippen molar-refractivity contribution in [2.45, 2.75) is 59.4 Å². The number of anilines is 2. The lowest BCUT2D eigenvalue weighted by molar-refractivity contribution is 0.759. The van der Waals surface area contributed by atoms with E-state index in [0.717, 1.165) is 43.9 Å². The molecule has 5 heteroatoms. The summed E-state index contributed by atoms with van der Waals surface area (Å²) < 4.78 is 0. The lowest BCUT2D eigenvalue weighted by atomic mass is 10.1. The van der Waals surface area contributed by atoms with E-state index in [-0.39, 0.29) is 0 Å². The lowest BCUT2D eigenvalue weighted by Gasteiger charge is -2.19. The van der Waals surface area contributed by atoms with Gasteiger partial charge < -0.3 is 10.6 Å². The molecule has 4 nitrogen and oxygen atoms in total. The highest BCUT2D eigenvalue weighted by Crippen LogP contribution is 2.23. The van der Waals surface area contributed by atoms with Crippen molar-refractivity contribution in [3.63, 3.8) is 0 Å². The second kappa shape index (κ2) is 10.7. The third-order valence-corrected chi connectivity index (χ3v) is 4.20. The minimum atomic E-state index is 0.439. The number of aromatic nitrogens is 2. The molecule has 0 bridgehead atoms. The first-order valence-corrected chi connectivity index (χ1v) is 9.30. The highest BCUT2D eigenvalue weighted by atomic mass is 32.2. The van der Waals surface area contributed by atoms with Gasteiger partial charge in [0.2, 0.25) is 0 Å². The lowest BCUT2D eigenvalue weighted by Crippen LogP contribution is -2.19. The Bertz CT molecular complexity index is 398. The van der Waals surface area contributed by atoms with Gasteiger partial charge in [-0.3, -0.25) is 0 Å². The monoisotopic (exact) mass is 310 g/mol. The molecule has 0 fully saturated rings. The van der Waals surface area contributed by atoms with Crippen LogP contribution in [0.3, 0.4) is 0 Å². The Morgan fingerprint density at radius 3 is 2.57 bits per heavy atom. The first kappa shape index (κ1) is 18.1. The second-order valence-electron chi connectivity index (χ2n) is 5.26. The molecule has 0 saturated heterocycles. The predicted octanol–water partition coefficient (Wildman–Crippen LogP) is 4.19. The Morgan fingerprint density at radius 2 is 1.90 bits per heavy atom. The fourth-order valence-electron chi connectivity index (χ4n) is 2.13. The number of hydrogen-bond donors (Lipinski definition) is 2. The molecule has 1 unspecified atom stereocenters. The van der Waals surface area contributed by atoms with Crippen molar-refractivity contribution in [2.24, 2.45) is 0 Å². The van der Waals surface area contributed by atoms with Crippen LogP contribution in [-0.4, -0.2) is 34.1 Å². The number of rotatable bonds is 11. The quantitative estimate of drug-likeness (QED) is 0.600. The smallest absolute Gasteiger partial charge is 0.134 e. The van der Waals surface area contributed by atoms with E-state index in [4.69, 9.17) is 0 Å². The summed E-state index contributed by atoms with van der Waals surface area (Å²) >= 11 is 1.99. The standard InChI is InChI=1S/C16H30N4S/c1-5-8-14-15(17-10-6-2)18-12-19-16(14)20-13(4)9-11-21-7-3/h12-13H,5-11H2,1-4H3,(H2,17,18,19,20). The summed E-state index contributed by atoms with van der Waals surface area (Å²) in [4.78, 5) is 8.88. The fourth-order valence-corrected chi connectivity index (χ4v) is 2.94. The van der Waals surface area contributed by atoms with Gasteiger partial charge in [0.1, 0.15) is 18.0 Å². The average molecular weight is 311 g/mol. The molecule has 0 aromatic carbocycles. The molecule has 0 saturated carbocycles. The van der Waals surface area contributed by atoms with Crippen LogP contribution in [0.15, 0.2) is 6.33 Å². The second-order valence-corrected chi connectivity index (χ2v) is 6.65. The maximum absolute atomic E-state index is 4.47. The Hall–Kier alpha value is -0.970. The molecule has 1 heterocycles. The zero-order chi connectivity index (χ0) is 15.5. The van der Waals surface area contributed by atoms with Gasteiger partial charge in [-0.1, -0.05) is 27.2 Å². The summed E-state index contributed by atoms with van der Waals surface area (Å²) in [5.41, 5.74) is 1.23. The zero-order valence-corrected chi connectivity index (χ0v) is 14.7. The van der Waals surface area contributed by atoms with Gasteiger partial charge >= 0.3 is 0 Å². The SMILES string of the molecule is CCCNc1ncnc(NC(C)CCSCC)c1CCC. The third-order valence-electron chi connectivity index (χ3n) is 3.27. The Balaban J connectivity index is 2.74. The van der Waals surface area contributed by atoms with Crippen molar-refractivity contribution in [2.75, 3.05) is 28.7 Å². The van der Waals surface area contributed by atoms with Crippen LogP contribution in [-0.2, 0) is 6.42 Å². The summed E-state index contributed by atoms with van der Waals surface area (Å²) in [5, 5.41) is 6.99. The molecular formula is C16H30N4S. The summed E-state index contributed by atoms with van der Waals surface area (Å²) in [6.07, 6.45) is 6.02. The van der Waals surface area contributed by atoms with Crippen LogP contribution in [0.4, 0.5) is 11.6 Å². The van der Waals surface area contributed by atoms with Gasteiger partial charge in [-0.2, -0.15) is 11.8 Å². The van der Waals surface area contributed by atoms with Gasteiger partial charge in [0.05, 0.1) is 0 Å². The van der Waals surface area contributed by atoms with Gasteiger partial charge in [0.15, 0.2) is 0 Å². The van der Waals surface area contributed by atoms with E-state index in [0.29, 0.717) is 6.04 Å². The largest absolute Gasteiger partial charge is 0.370 e. The van der Waals surface area contributed by atoms with E-state index in [1.54, 1.807) is 6.33 Å². The zero-order valence-electron chi connectivity index (χ0n) is 13.9. The molecule has 0 spiro atoms. The predicted molar refractivity (Wildman–Crippen MR) is 95.5 cm³/mol. The minimum absolute atomic E-state index is 0.439. The van der Waals surface area contributed by atoms with Gasteiger partial charge in [0.25, 0.3) is 0 Å². The highest BCUT2D eigenvalue weighted by molar-refractivity contribution is 7.99. The maximum Gasteiger partial charge on any atom is 0.134 e. The average Bonchev–Trinajstić information content (AvgIpc) is 2.48. The van der Waals surface area contributed by atoms with Crippen LogP contribution < -0.4 is 10.6 Å². The van der Waals surface area contributed by atoms with E-state index >= 15 is 0 Å². The molecule has 0 aliphatic carbocycles. The molecule has 1 rings (SSSR count). The van der Waals surface area contributed by atoms with Crippen molar-refractivity contribution in [3.8, 4) is 0 Å². The Kier molecular flexibility index (Phi) is 9.22. The van der Waals surface area contributed by atoms with E-state index in [2.05, 4.69) is 48.3 Å². The molecule has 0 aliphatic heterocycles. The summed E-state index contributed by atoms with van der Waals surface area (Å²) in [6, 6.07) is 0.439. The van der Waals surface area contributed by atoms with Crippen molar-refractivity contribution in [3.05, 3.63) is 11.9 Å². The molecular weight excluding hydrogens is 280 g/mol. The van der Waals surface area contributed by atoms with Crippen molar-refractivity contribution >= 4 is 23.4 Å². The van der Waals surface area contributed by atoms with Crippen LogP contribution in [0.2, 0.25) is 0 Å². The topological polar surface area (TPSA) is 49.8 Å². The van der Waals surface area contributed by atoms with E-state index in [1.165, 1.54) is 17.1 Å². The molecule has 0 aliphatic rings. The van der Waals surface area contributed by atoms with Crippen LogP contribution >= 0.6 is 11.8 Å². The summed E-state index contributed by atoms with van der Waals surface area (Å²) in [6.45, 7) is 9.75. The van der Waals surface area contributed by atoms with E-state index in [1.807, 2.05) is 11.8 Å². The van der Waals surface area contributed by atoms with Crippen LogP contribution in [0.25, 0.3) is 0 Å². The minimum Gasteiger partial charge on any atom is -0.370 e.